The number of hydrogen-bond donors (Lipinski definition) is 1. The molecule has 0 saturated heterocycles. The molecule has 3 rings (SSSR count). The van der Waals surface area contributed by atoms with Crippen molar-refractivity contribution in [3.63, 3.8) is 0 Å². The number of aryl methyl sites for hydroxylation is 1. The van der Waals surface area contributed by atoms with Gasteiger partial charge in [0.15, 0.2) is 5.96 Å². The van der Waals surface area contributed by atoms with Crippen LogP contribution in [-0.2, 0) is 19.4 Å². The van der Waals surface area contributed by atoms with Crippen LogP contribution in [-0.4, -0.2) is 40.8 Å². The van der Waals surface area contributed by atoms with Crippen molar-refractivity contribution in [1.82, 2.24) is 20.0 Å². The molecule has 0 saturated carbocycles. The van der Waals surface area contributed by atoms with Gasteiger partial charge in [0.1, 0.15) is 0 Å². The molecule has 2 heterocycles. The molecule has 0 fully saturated rings. The topological polar surface area (TPSA) is 45.5 Å². The quantitative estimate of drug-likeness (QED) is 0.919. The van der Waals surface area contributed by atoms with Crippen molar-refractivity contribution >= 4 is 5.96 Å². The van der Waals surface area contributed by atoms with E-state index >= 15 is 0 Å². The summed E-state index contributed by atoms with van der Waals surface area (Å²) in [5.41, 5.74) is 4.89. The van der Waals surface area contributed by atoms with Gasteiger partial charge in [0.25, 0.3) is 0 Å². The van der Waals surface area contributed by atoms with Crippen LogP contribution in [0.3, 0.4) is 0 Å². The minimum Gasteiger partial charge on any atom is -0.352 e. The minimum atomic E-state index is 0.780. The molecule has 0 amide bonds. The Morgan fingerprint density at radius 2 is 1.92 bits per heavy atom. The Kier molecular flexibility index (Phi) is 5.18. The van der Waals surface area contributed by atoms with Crippen molar-refractivity contribution in [3.05, 3.63) is 47.3 Å². The van der Waals surface area contributed by atoms with Gasteiger partial charge in [-0.25, -0.2) is 4.68 Å². The van der Waals surface area contributed by atoms with E-state index < -0.39 is 0 Å². The number of para-hydroxylation sites is 1. The van der Waals surface area contributed by atoms with Gasteiger partial charge in [-0.05, 0) is 31.4 Å². The average molecular weight is 325 g/mol. The van der Waals surface area contributed by atoms with Crippen LogP contribution in [0.1, 0.15) is 37.2 Å². The van der Waals surface area contributed by atoms with Crippen LogP contribution in [0.15, 0.2) is 35.3 Å². The lowest BCUT2D eigenvalue weighted by Gasteiger charge is -2.25. The van der Waals surface area contributed by atoms with Gasteiger partial charge in [-0.2, -0.15) is 5.10 Å². The van der Waals surface area contributed by atoms with Crippen LogP contribution in [0.25, 0.3) is 5.69 Å². The molecule has 1 aromatic heterocycles. The summed E-state index contributed by atoms with van der Waals surface area (Å²) in [6.45, 7) is 7.13. The van der Waals surface area contributed by atoms with Gasteiger partial charge in [0.2, 0.25) is 0 Å². The van der Waals surface area contributed by atoms with E-state index in [1.54, 1.807) is 0 Å². The van der Waals surface area contributed by atoms with E-state index in [2.05, 4.69) is 65.1 Å². The molecule has 1 N–H and O–H groups in total. The molecule has 1 aliphatic rings. The summed E-state index contributed by atoms with van der Waals surface area (Å²) < 4.78 is 2.10. The Hall–Kier alpha value is -2.30. The molecule has 1 aliphatic heterocycles. The first-order valence-electron chi connectivity index (χ1n) is 8.89. The lowest BCUT2D eigenvalue weighted by atomic mass is 10.1. The summed E-state index contributed by atoms with van der Waals surface area (Å²) >= 11 is 0. The molecule has 0 bridgehead atoms. The number of benzene rings is 1. The van der Waals surface area contributed by atoms with Crippen LogP contribution in [0.5, 0.6) is 0 Å². The van der Waals surface area contributed by atoms with Crippen molar-refractivity contribution < 1.29 is 0 Å². The Morgan fingerprint density at radius 1 is 1.12 bits per heavy atom. The Bertz CT molecular complexity index is 702. The average Bonchev–Trinajstić information content (AvgIpc) is 2.99. The Labute approximate surface area is 144 Å². The minimum absolute atomic E-state index is 0.780. The summed E-state index contributed by atoms with van der Waals surface area (Å²) in [6.07, 6.45) is 3.03. The van der Waals surface area contributed by atoms with Crippen molar-refractivity contribution in [2.75, 3.05) is 20.1 Å². The highest BCUT2D eigenvalue weighted by molar-refractivity contribution is 5.80. The molecule has 1 aromatic carbocycles. The first-order valence-corrected chi connectivity index (χ1v) is 8.89. The van der Waals surface area contributed by atoms with E-state index in [4.69, 9.17) is 5.10 Å². The summed E-state index contributed by atoms with van der Waals surface area (Å²) in [4.78, 5) is 6.80. The molecule has 2 aromatic rings. The van der Waals surface area contributed by atoms with Gasteiger partial charge in [0.05, 0.1) is 11.4 Å². The number of rotatable bonds is 5. The lowest BCUT2D eigenvalue weighted by Crippen LogP contribution is -2.41. The number of nitrogens with one attached hydrogen (secondary N) is 1. The largest absolute Gasteiger partial charge is 0.352 e. The first kappa shape index (κ1) is 16.6. The first-order chi connectivity index (χ1) is 11.7. The van der Waals surface area contributed by atoms with E-state index in [0.717, 1.165) is 50.5 Å². The summed E-state index contributed by atoms with van der Waals surface area (Å²) in [5.74, 6) is 0.998. The third-order valence-corrected chi connectivity index (χ3v) is 4.54. The fourth-order valence-electron chi connectivity index (χ4n) is 3.25. The molecule has 0 spiro atoms. The molecule has 0 atom stereocenters. The van der Waals surface area contributed by atoms with Crippen molar-refractivity contribution in [2.24, 2.45) is 4.99 Å². The molecular weight excluding hydrogens is 298 g/mol. The molecule has 128 valence electrons. The molecule has 0 unspecified atom stereocenters. The second-order valence-electron chi connectivity index (χ2n) is 6.16. The lowest BCUT2D eigenvalue weighted by molar-refractivity contribution is 0.446. The van der Waals surface area contributed by atoms with Crippen LogP contribution in [0.2, 0.25) is 0 Å². The third kappa shape index (κ3) is 3.30. The Morgan fingerprint density at radius 3 is 2.58 bits per heavy atom. The zero-order valence-electron chi connectivity index (χ0n) is 14.9. The predicted molar refractivity (Wildman–Crippen MR) is 98.7 cm³/mol. The summed E-state index contributed by atoms with van der Waals surface area (Å²) in [5, 5.41) is 8.40. The van der Waals surface area contributed by atoms with E-state index in [9.17, 15) is 0 Å². The van der Waals surface area contributed by atoms with Gasteiger partial charge in [-0.15, -0.1) is 0 Å². The SMILES string of the molecule is CCc1nn(-c2ccccc2)c(CC)c1CNC1=NCCCN1C. The van der Waals surface area contributed by atoms with Crippen molar-refractivity contribution in [3.8, 4) is 5.69 Å². The van der Waals surface area contributed by atoms with Gasteiger partial charge < -0.3 is 10.2 Å². The number of aromatic nitrogens is 2. The van der Waals surface area contributed by atoms with Crippen LogP contribution in [0, 0.1) is 0 Å². The van der Waals surface area contributed by atoms with Crippen molar-refractivity contribution in [2.45, 2.75) is 39.7 Å². The summed E-state index contributed by atoms with van der Waals surface area (Å²) in [6, 6.07) is 10.4. The number of hydrogen-bond acceptors (Lipinski definition) is 4. The van der Waals surface area contributed by atoms with Crippen LogP contribution >= 0.6 is 0 Å². The monoisotopic (exact) mass is 325 g/mol. The fourth-order valence-corrected chi connectivity index (χ4v) is 3.25. The van der Waals surface area contributed by atoms with E-state index in [0.29, 0.717) is 0 Å². The maximum absolute atomic E-state index is 4.88. The highest BCUT2D eigenvalue weighted by Crippen LogP contribution is 2.20. The molecule has 24 heavy (non-hydrogen) atoms. The highest BCUT2D eigenvalue weighted by Gasteiger charge is 2.18. The summed E-state index contributed by atoms with van der Waals surface area (Å²) in [7, 11) is 2.10. The molecule has 0 aliphatic carbocycles. The highest BCUT2D eigenvalue weighted by atomic mass is 15.3. The second kappa shape index (κ2) is 7.51. The maximum atomic E-state index is 4.88. The Balaban J connectivity index is 1.89. The number of guanidine groups is 1. The zero-order chi connectivity index (χ0) is 16.9. The normalized spacial score (nSPS) is 14.6. The van der Waals surface area contributed by atoms with Gasteiger partial charge in [0, 0.05) is 37.9 Å². The molecule has 5 nitrogen and oxygen atoms in total. The van der Waals surface area contributed by atoms with E-state index in [-0.39, 0.29) is 0 Å². The van der Waals surface area contributed by atoms with E-state index in [1.807, 2.05) is 6.07 Å². The molecule has 5 heteroatoms. The predicted octanol–water partition coefficient (Wildman–Crippen LogP) is 2.78. The van der Waals surface area contributed by atoms with Gasteiger partial charge in [-0.1, -0.05) is 32.0 Å². The molecular formula is C19H27N5. The fraction of sp³-hybridized carbons (Fsp3) is 0.474. The van der Waals surface area contributed by atoms with Gasteiger partial charge >= 0.3 is 0 Å². The van der Waals surface area contributed by atoms with Crippen LogP contribution < -0.4 is 5.32 Å². The number of nitrogens with zero attached hydrogens (tertiary/aromatic N) is 4. The third-order valence-electron chi connectivity index (χ3n) is 4.54. The second-order valence-corrected chi connectivity index (χ2v) is 6.16. The maximum Gasteiger partial charge on any atom is 0.193 e. The van der Waals surface area contributed by atoms with Gasteiger partial charge in [-0.3, -0.25) is 4.99 Å². The van der Waals surface area contributed by atoms with Crippen LogP contribution in [0.4, 0.5) is 0 Å². The van der Waals surface area contributed by atoms with E-state index in [1.165, 1.54) is 17.0 Å². The smallest absolute Gasteiger partial charge is 0.193 e. The zero-order valence-corrected chi connectivity index (χ0v) is 14.9. The van der Waals surface area contributed by atoms with Crippen molar-refractivity contribution in [1.29, 1.82) is 0 Å². The number of aliphatic imine (C=N–C) groups is 1. The standard InChI is InChI=1S/C19H27N5/c1-4-17-16(14-21-19-20-12-9-13-23(19)3)18(5-2)24(22-17)15-10-7-6-8-11-15/h6-8,10-11H,4-5,9,12-14H2,1-3H3,(H,20,21). The molecule has 0 radical (unpaired) electrons.